The van der Waals surface area contributed by atoms with E-state index in [2.05, 4.69) is 10.2 Å². The first-order valence-electron chi connectivity index (χ1n) is 7.86. The van der Waals surface area contributed by atoms with Crippen molar-refractivity contribution in [1.82, 2.24) is 10.2 Å². The van der Waals surface area contributed by atoms with E-state index in [9.17, 15) is 9.90 Å². The van der Waals surface area contributed by atoms with E-state index in [0.29, 0.717) is 12.5 Å². The van der Waals surface area contributed by atoms with Crippen LogP contribution >= 0.6 is 0 Å². The molecule has 3 aliphatic rings. The summed E-state index contributed by atoms with van der Waals surface area (Å²) in [4.78, 5) is 14.3. The predicted octanol–water partition coefficient (Wildman–Crippen LogP) is 1.56. The molecule has 0 aromatic rings. The van der Waals surface area contributed by atoms with Gasteiger partial charge in [0.25, 0.3) is 0 Å². The van der Waals surface area contributed by atoms with Crippen LogP contribution in [-0.2, 0) is 4.79 Å². The Morgan fingerprint density at radius 2 is 1.89 bits per heavy atom. The van der Waals surface area contributed by atoms with Crippen LogP contribution < -0.4 is 5.32 Å². The van der Waals surface area contributed by atoms with Crippen LogP contribution in [-0.4, -0.2) is 47.7 Å². The number of nitrogens with one attached hydrogen (secondary N) is 1. The summed E-state index contributed by atoms with van der Waals surface area (Å²) in [5, 5.41) is 13.0. The quantitative estimate of drug-likeness (QED) is 0.766. The molecule has 4 heteroatoms. The first-order chi connectivity index (χ1) is 9.15. The van der Waals surface area contributed by atoms with Crippen molar-refractivity contribution in [2.24, 2.45) is 17.8 Å². The number of nitrogens with zero attached hydrogens (tertiary/aromatic N) is 1. The summed E-state index contributed by atoms with van der Waals surface area (Å²) in [7, 11) is 0. The molecule has 0 radical (unpaired) electrons. The van der Waals surface area contributed by atoms with Gasteiger partial charge in [-0.2, -0.15) is 0 Å². The van der Waals surface area contributed by atoms with Crippen molar-refractivity contribution in [2.75, 3.05) is 26.2 Å². The zero-order valence-corrected chi connectivity index (χ0v) is 11.9. The molecular weight excluding hydrogens is 240 g/mol. The topological polar surface area (TPSA) is 52.6 Å². The van der Waals surface area contributed by atoms with Gasteiger partial charge in [0, 0.05) is 19.6 Å². The highest BCUT2D eigenvalue weighted by Crippen LogP contribution is 2.43. The van der Waals surface area contributed by atoms with Gasteiger partial charge in [-0.25, -0.2) is 0 Å². The van der Waals surface area contributed by atoms with Gasteiger partial charge in [-0.15, -0.1) is 0 Å². The molecule has 3 rings (SSSR count). The fraction of sp³-hybridized carbons (Fsp3) is 0.933. The van der Waals surface area contributed by atoms with Crippen LogP contribution in [0.25, 0.3) is 0 Å². The Hall–Kier alpha value is -0.610. The third-order valence-electron chi connectivity index (χ3n) is 5.42. The van der Waals surface area contributed by atoms with Gasteiger partial charge < -0.3 is 15.3 Å². The Morgan fingerprint density at radius 1 is 1.26 bits per heavy atom. The lowest BCUT2D eigenvalue weighted by Gasteiger charge is -2.34. The lowest BCUT2D eigenvalue weighted by molar-refractivity contribution is -0.147. The number of likely N-dealkylation sites (N-methyl/N-ethyl adjacent to an activating group) is 1. The second-order valence-electron chi connectivity index (χ2n) is 6.73. The number of carboxylic acids is 1. The third-order valence-corrected chi connectivity index (χ3v) is 5.42. The molecule has 3 unspecified atom stereocenters. The largest absolute Gasteiger partial charge is 0.480 e. The maximum absolute atomic E-state index is 11.8. The molecule has 0 aromatic carbocycles. The Labute approximate surface area is 115 Å². The number of hydrogen-bond donors (Lipinski definition) is 2. The van der Waals surface area contributed by atoms with Crippen LogP contribution in [0.4, 0.5) is 0 Å². The number of carbonyl (C=O) groups is 1. The number of fused-ring (bicyclic) bond motifs is 1. The minimum atomic E-state index is -0.687. The summed E-state index contributed by atoms with van der Waals surface area (Å²) in [5.74, 6) is 1.37. The van der Waals surface area contributed by atoms with E-state index in [1.807, 2.05) is 6.92 Å². The number of likely N-dealkylation sites (tertiary alicyclic amines) is 1. The molecule has 0 aromatic heterocycles. The van der Waals surface area contributed by atoms with Gasteiger partial charge in [0.1, 0.15) is 5.54 Å². The van der Waals surface area contributed by atoms with Crippen LogP contribution in [0.2, 0.25) is 0 Å². The Morgan fingerprint density at radius 3 is 2.37 bits per heavy atom. The first kappa shape index (κ1) is 13.4. The minimum absolute atomic E-state index is 0.338. The zero-order valence-electron chi connectivity index (χ0n) is 11.9. The maximum Gasteiger partial charge on any atom is 0.325 e. The van der Waals surface area contributed by atoms with Gasteiger partial charge >= 0.3 is 5.97 Å². The second-order valence-corrected chi connectivity index (χ2v) is 6.73. The molecule has 2 aliphatic carbocycles. The molecular formula is C15H26N2O2. The SMILES string of the molecule is CCNC(CN1CC2CCCC2C1)(C(=O)O)C1CC1. The molecule has 19 heavy (non-hydrogen) atoms. The summed E-state index contributed by atoms with van der Waals surface area (Å²) >= 11 is 0. The number of carboxylic acid groups (broad SMARTS) is 1. The van der Waals surface area contributed by atoms with Gasteiger partial charge in [-0.05, 0) is 50.0 Å². The normalized spacial score (nSPS) is 34.2. The molecule has 2 saturated carbocycles. The lowest BCUT2D eigenvalue weighted by Crippen LogP contribution is -2.60. The summed E-state index contributed by atoms with van der Waals surface area (Å²) in [6.07, 6.45) is 6.22. The van der Waals surface area contributed by atoms with Crippen molar-refractivity contribution in [3.05, 3.63) is 0 Å². The Balaban J connectivity index is 1.69. The summed E-state index contributed by atoms with van der Waals surface area (Å²) in [5.41, 5.74) is -0.687. The zero-order chi connectivity index (χ0) is 13.5. The minimum Gasteiger partial charge on any atom is -0.480 e. The third kappa shape index (κ3) is 2.40. The van der Waals surface area contributed by atoms with Crippen molar-refractivity contribution in [2.45, 2.75) is 44.6 Å². The predicted molar refractivity (Wildman–Crippen MR) is 74.0 cm³/mol. The van der Waals surface area contributed by atoms with E-state index >= 15 is 0 Å². The highest BCUT2D eigenvalue weighted by Gasteiger charge is 2.52. The molecule has 1 heterocycles. The summed E-state index contributed by atoms with van der Waals surface area (Å²) in [6.45, 7) is 5.70. The Bertz CT molecular complexity index is 344. The van der Waals surface area contributed by atoms with E-state index in [1.165, 1.54) is 19.3 Å². The molecule has 4 nitrogen and oxygen atoms in total. The average molecular weight is 266 g/mol. The highest BCUT2D eigenvalue weighted by molar-refractivity contribution is 5.80. The van der Waals surface area contributed by atoms with Crippen LogP contribution in [0.1, 0.15) is 39.0 Å². The molecule has 1 saturated heterocycles. The number of rotatable bonds is 6. The highest BCUT2D eigenvalue weighted by atomic mass is 16.4. The number of aliphatic carboxylic acids is 1. The van der Waals surface area contributed by atoms with E-state index < -0.39 is 11.5 Å². The average Bonchev–Trinajstić information content (AvgIpc) is 3.01. The fourth-order valence-corrected chi connectivity index (χ4v) is 4.35. The molecule has 3 fully saturated rings. The fourth-order valence-electron chi connectivity index (χ4n) is 4.35. The first-order valence-corrected chi connectivity index (χ1v) is 7.86. The van der Waals surface area contributed by atoms with Crippen molar-refractivity contribution in [1.29, 1.82) is 0 Å². The van der Waals surface area contributed by atoms with Gasteiger partial charge in [0.15, 0.2) is 0 Å². The Kier molecular flexibility index (Phi) is 3.56. The van der Waals surface area contributed by atoms with Gasteiger partial charge in [-0.3, -0.25) is 4.79 Å². The van der Waals surface area contributed by atoms with Crippen LogP contribution in [0.3, 0.4) is 0 Å². The van der Waals surface area contributed by atoms with Crippen LogP contribution in [0.5, 0.6) is 0 Å². The van der Waals surface area contributed by atoms with E-state index in [1.54, 1.807) is 0 Å². The molecule has 0 bridgehead atoms. The van der Waals surface area contributed by atoms with Crippen molar-refractivity contribution < 1.29 is 9.90 Å². The van der Waals surface area contributed by atoms with E-state index in [-0.39, 0.29) is 0 Å². The van der Waals surface area contributed by atoms with E-state index in [0.717, 1.165) is 44.3 Å². The molecule has 0 amide bonds. The van der Waals surface area contributed by atoms with Gasteiger partial charge in [0.2, 0.25) is 0 Å². The molecule has 2 N–H and O–H groups in total. The van der Waals surface area contributed by atoms with Gasteiger partial charge in [0.05, 0.1) is 0 Å². The molecule has 0 spiro atoms. The maximum atomic E-state index is 11.8. The van der Waals surface area contributed by atoms with E-state index in [4.69, 9.17) is 0 Å². The lowest BCUT2D eigenvalue weighted by atomic mass is 9.92. The summed E-state index contributed by atoms with van der Waals surface area (Å²) < 4.78 is 0. The standard InChI is InChI=1S/C15H26N2O2/c1-2-16-15(14(18)19,13-6-7-13)10-17-8-11-4-3-5-12(11)9-17/h11-13,16H,2-10H2,1H3,(H,18,19). The van der Waals surface area contributed by atoms with Crippen LogP contribution in [0, 0.1) is 17.8 Å². The van der Waals surface area contributed by atoms with Crippen LogP contribution in [0.15, 0.2) is 0 Å². The summed E-state index contributed by atoms with van der Waals surface area (Å²) in [6, 6.07) is 0. The number of hydrogen-bond acceptors (Lipinski definition) is 3. The monoisotopic (exact) mass is 266 g/mol. The molecule has 108 valence electrons. The molecule has 3 atom stereocenters. The van der Waals surface area contributed by atoms with Crippen molar-refractivity contribution in [3.8, 4) is 0 Å². The van der Waals surface area contributed by atoms with Gasteiger partial charge in [-0.1, -0.05) is 13.3 Å². The molecule has 1 aliphatic heterocycles. The second kappa shape index (κ2) is 5.06. The van der Waals surface area contributed by atoms with Crippen molar-refractivity contribution in [3.63, 3.8) is 0 Å². The smallest absolute Gasteiger partial charge is 0.325 e. The van der Waals surface area contributed by atoms with Crippen molar-refractivity contribution >= 4 is 5.97 Å².